The fraction of sp³-hybridized carbons (Fsp3) is 0. The second-order valence-corrected chi connectivity index (χ2v) is 3.53. The van der Waals surface area contributed by atoms with Gasteiger partial charge >= 0.3 is 5.97 Å². The average Bonchev–Trinajstić information content (AvgIpc) is 1.96. The second kappa shape index (κ2) is 3.37. The van der Waals surface area contributed by atoms with E-state index in [0.717, 1.165) is 0 Å². The van der Waals surface area contributed by atoms with E-state index in [-0.39, 0.29) is 5.56 Å². The monoisotopic (exact) mass is 247 g/mol. The number of carboxylic acid groups (broad SMARTS) is 1. The fourth-order valence-corrected chi connectivity index (χ4v) is 1.47. The van der Waals surface area contributed by atoms with Crippen molar-refractivity contribution in [2.45, 2.75) is 4.90 Å². The number of rotatable bonds is 1. The van der Waals surface area contributed by atoms with Crippen LogP contribution >= 0.6 is 28.6 Å². The Morgan fingerprint density at radius 3 is 2.67 bits per heavy atom. The molecule has 0 saturated carbocycles. The van der Waals surface area contributed by atoms with Crippen molar-refractivity contribution in [1.29, 1.82) is 0 Å². The lowest BCUT2D eigenvalue weighted by molar-refractivity contribution is 0.0695. The van der Waals surface area contributed by atoms with Gasteiger partial charge in [-0.15, -0.1) is 12.6 Å². The summed E-state index contributed by atoms with van der Waals surface area (Å²) in [7, 11) is 0. The van der Waals surface area contributed by atoms with Gasteiger partial charge in [0.25, 0.3) is 0 Å². The maximum atomic E-state index is 10.6. The van der Waals surface area contributed by atoms with Crippen LogP contribution in [0.1, 0.15) is 10.4 Å². The third-order valence-electron chi connectivity index (χ3n) is 1.35. The molecule has 0 saturated heterocycles. The zero-order chi connectivity index (χ0) is 9.30. The van der Waals surface area contributed by atoms with Crippen LogP contribution in [0.4, 0.5) is 5.69 Å². The first-order valence-electron chi connectivity index (χ1n) is 3.03. The van der Waals surface area contributed by atoms with Crippen LogP contribution in [0.15, 0.2) is 21.5 Å². The van der Waals surface area contributed by atoms with Crippen molar-refractivity contribution < 1.29 is 9.90 Å². The number of anilines is 1. The number of thiol groups is 1. The minimum Gasteiger partial charge on any atom is -0.478 e. The number of hydrogen-bond donors (Lipinski definition) is 3. The Morgan fingerprint density at radius 1 is 1.58 bits per heavy atom. The number of carboxylic acids is 1. The Morgan fingerprint density at radius 2 is 2.17 bits per heavy atom. The predicted octanol–water partition coefficient (Wildman–Crippen LogP) is 2.02. The van der Waals surface area contributed by atoms with Gasteiger partial charge in [0.05, 0.1) is 5.56 Å². The third kappa shape index (κ3) is 1.73. The van der Waals surface area contributed by atoms with Gasteiger partial charge < -0.3 is 10.8 Å². The predicted molar refractivity (Wildman–Crippen MR) is 52.8 cm³/mol. The molecule has 12 heavy (non-hydrogen) atoms. The molecule has 0 unspecified atom stereocenters. The Hall–Kier alpha value is -0.680. The van der Waals surface area contributed by atoms with E-state index in [0.29, 0.717) is 15.1 Å². The molecule has 1 aromatic carbocycles. The average molecular weight is 248 g/mol. The van der Waals surface area contributed by atoms with E-state index in [4.69, 9.17) is 10.8 Å². The van der Waals surface area contributed by atoms with Crippen molar-refractivity contribution >= 4 is 40.2 Å². The van der Waals surface area contributed by atoms with Crippen LogP contribution in [0.25, 0.3) is 0 Å². The minimum atomic E-state index is -1.00. The molecular weight excluding hydrogens is 242 g/mol. The molecule has 3 N–H and O–H groups in total. The molecule has 0 aliphatic carbocycles. The van der Waals surface area contributed by atoms with Gasteiger partial charge in [-0.05, 0) is 28.1 Å². The molecule has 1 aromatic rings. The molecule has 0 spiro atoms. The number of aromatic carboxylic acids is 1. The van der Waals surface area contributed by atoms with Crippen molar-refractivity contribution in [2.75, 3.05) is 5.73 Å². The second-order valence-electron chi connectivity index (χ2n) is 2.20. The number of halogens is 1. The van der Waals surface area contributed by atoms with E-state index in [1.807, 2.05) is 0 Å². The Labute approximate surface area is 83.1 Å². The summed E-state index contributed by atoms with van der Waals surface area (Å²) < 4.78 is 0.463. The maximum absolute atomic E-state index is 10.6. The number of hydrogen-bond acceptors (Lipinski definition) is 3. The summed E-state index contributed by atoms with van der Waals surface area (Å²) >= 11 is 7.09. The summed E-state index contributed by atoms with van der Waals surface area (Å²) in [5.41, 5.74) is 6.11. The van der Waals surface area contributed by atoms with Gasteiger partial charge in [0, 0.05) is 15.1 Å². The molecule has 0 atom stereocenters. The highest BCUT2D eigenvalue weighted by Crippen LogP contribution is 2.25. The number of nitrogen functional groups attached to an aromatic ring is 1. The van der Waals surface area contributed by atoms with Crippen LogP contribution in [0.5, 0.6) is 0 Å². The molecule has 0 amide bonds. The fourth-order valence-electron chi connectivity index (χ4n) is 0.741. The first kappa shape index (κ1) is 9.41. The highest BCUT2D eigenvalue weighted by molar-refractivity contribution is 9.10. The first-order chi connectivity index (χ1) is 5.52. The van der Waals surface area contributed by atoms with E-state index in [2.05, 4.69) is 28.6 Å². The standard InChI is InChI=1S/C7H6BrNO2S/c8-4-2-5(9)6(12)1-3(4)7(10)11/h1-2,12H,9H2,(H,10,11). The molecule has 3 nitrogen and oxygen atoms in total. The van der Waals surface area contributed by atoms with Crippen molar-refractivity contribution in [1.82, 2.24) is 0 Å². The maximum Gasteiger partial charge on any atom is 0.336 e. The van der Waals surface area contributed by atoms with Gasteiger partial charge in [-0.3, -0.25) is 0 Å². The van der Waals surface area contributed by atoms with Crippen LogP contribution in [-0.2, 0) is 0 Å². The van der Waals surface area contributed by atoms with Crippen LogP contribution in [0.3, 0.4) is 0 Å². The number of nitrogens with two attached hydrogens (primary N) is 1. The molecule has 1 rings (SSSR count). The lowest BCUT2D eigenvalue weighted by atomic mass is 10.2. The molecule has 0 heterocycles. The third-order valence-corrected chi connectivity index (χ3v) is 2.39. The van der Waals surface area contributed by atoms with Crippen LogP contribution < -0.4 is 5.73 Å². The van der Waals surface area contributed by atoms with Gasteiger partial charge in [0.15, 0.2) is 0 Å². The topological polar surface area (TPSA) is 63.3 Å². The summed E-state index contributed by atoms with van der Waals surface area (Å²) in [4.78, 5) is 11.0. The molecule has 0 radical (unpaired) electrons. The largest absolute Gasteiger partial charge is 0.478 e. The minimum absolute atomic E-state index is 0.161. The molecule has 0 bridgehead atoms. The quantitative estimate of drug-likeness (QED) is 0.526. The summed E-state index contributed by atoms with van der Waals surface area (Å²) in [5, 5.41) is 8.68. The Bertz CT molecular complexity index is 340. The lowest BCUT2D eigenvalue weighted by Gasteiger charge is -2.02. The molecule has 0 aliphatic heterocycles. The van der Waals surface area contributed by atoms with Crippen LogP contribution in [0.2, 0.25) is 0 Å². The smallest absolute Gasteiger partial charge is 0.336 e. The molecule has 0 aromatic heterocycles. The van der Waals surface area contributed by atoms with Crippen LogP contribution in [0, 0.1) is 0 Å². The zero-order valence-electron chi connectivity index (χ0n) is 5.91. The van der Waals surface area contributed by atoms with Gasteiger partial charge in [-0.2, -0.15) is 0 Å². The van der Waals surface area contributed by atoms with Gasteiger partial charge in [0.1, 0.15) is 0 Å². The molecular formula is C7H6BrNO2S. The Balaban J connectivity index is 3.33. The van der Waals surface area contributed by atoms with E-state index in [9.17, 15) is 4.79 Å². The normalized spacial score (nSPS) is 9.83. The van der Waals surface area contributed by atoms with E-state index < -0.39 is 5.97 Å². The number of carbonyl (C=O) groups is 1. The number of benzene rings is 1. The molecule has 0 aliphatic rings. The van der Waals surface area contributed by atoms with E-state index in [1.165, 1.54) is 12.1 Å². The summed E-state index contributed by atoms with van der Waals surface area (Å²) in [6, 6.07) is 2.93. The zero-order valence-corrected chi connectivity index (χ0v) is 8.39. The molecule has 64 valence electrons. The first-order valence-corrected chi connectivity index (χ1v) is 4.27. The Kier molecular flexibility index (Phi) is 2.64. The van der Waals surface area contributed by atoms with Crippen molar-refractivity contribution in [2.24, 2.45) is 0 Å². The van der Waals surface area contributed by atoms with Crippen molar-refractivity contribution in [3.05, 3.63) is 22.2 Å². The van der Waals surface area contributed by atoms with E-state index in [1.54, 1.807) is 0 Å². The van der Waals surface area contributed by atoms with Gasteiger partial charge in [0.2, 0.25) is 0 Å². The summed E-state index contributed by atoms with van der Waals surface area (Å²) in [5.74, 6) is -1.00. The lowest BCUT2D eigenvalue weighted by Crippen LogP contribution is -1.99. The highest BCUT2D eigenvalue weighted by atomic mass is 79.9. The molecule has 5 heteroatoms. The van der Waals surface area contributed by atoms with E-state index >= 15 is 0 Å². The van der Waals surface area contributed by atoms with Crippen molar-refractivity contribution in [3.63, 3.8) is 0 Å². The van der Waals surface area contributed by atoms with Gasteiger partial charge in [-0.25, -0.2) is 4.79 Å². The summed E-state index contributed by atoms with van der Waals surface area (Å²) in [6.45, 7) is 0. The van der Waals surface area contributed by atoms with Gasteiger partial charge in [-0.1, -0.05) is 0 Å². The summed E-state index contributed by atoms with van der Waals surface area (Å²) in [6.07, 6.45) is 0. The SMILES string of the molecule is Nc1cc(Br)c(C(=O)O)cc1S. The van der Waals surface area contributed by atoms with Crippen molar-refractivity contribution in [3.8, 4) is 0 Å². The van der Waals surface area contributed by atoms with Crippen LogP contribution in [-0.4, -0.2) is 11.1 Å². The highest BCUT2D eigenvalue weighted by Gasteiger charge is 2.09. The molecule has 0 fully saturated rings.